The van der Waals surface area contributed by atoms with Crippen LogP contribution in [-0.2, 0) is 20.7 Å². The topological polar surface area (TPSA) is 165 Å². The minimum absolute atomic E-state index is 0.000485. The van der Waals surface area contributed by atoms with Crippen LogP contribution in [0.4, 0.5) is 11.4 Å². The van der Waals surface area contributed by atoms with Gasteiger partial charge in [-0.3, -0.25) is 34.9 Å². The van der Waals surface area contributed by atoms with E-state index in [1.165, 1.54) is 66.4 Å². The van der Waals surface area contributed by atoms with Gasteiger partial charge in [0.2, 0.25) is 0 Å². The molecule has 1 N–H and O–H groups in total. The Kier molecular flexibility index (Phi) is 7.12. The first-order chi connectivity index (χ1) is 17.2. The number of hydrogen-bond donors (Lipinski definition) is 1. The number of amides is 1. The highest BCUT2D eigenvalue weighted by Gasteiger charge is 2.55. The standard InChI is InChI=1S/C23H20N4O8S/c1-35-12-17-18(10-13-2-6-15(7-3-13)26(31)32)36-22-19(21(28)25(22)20(17)23(29)30)24-11-14-4-8-16(9-5-14)27(33)34/h2-9,11,18-19,22H,10,12H2,1H3,(H,29,30)/t18?,19?,22-/m1/s1. The number of carbonyl (C=O) groups is 2. The summed E-state index contributed by atoms with van der Waals surface area (Å²) >= 11 is 1.38. The molecule has 2 heterocycles. The maximum atomic E-state index is 12.9. The fourth-order valence-electron chi connectivity index (χ4n) is 4.06. The second-order valence-electron chi connectivity index (χ2n) is 8.03. The fraction of sp³-hybridized carbons (Fsp3) is 0.261. The highest BCUT2D eigenvalue weighted by molar-refractivity contribution is 8.00. The van der Waals surface area contributed by atoms with Crippen LogP contribution in [0.15, 0.2) is 64.8 Å². The molecule has 0 aliphatic carbocycles. The number of carboxylic acids is 1. The summed E-state index contributed by atoms with van der Waals surface area (Å²) in [6.07, 6.45) is 1.81. The average Bonchev–Trinajstić information content (AvgIpc) is 2.85. The minimum Gasteiger partial charge on any atom is -0.477 e. The quantitative estimate of drug-likeness (QED) is 0.230. The van der Waals surface area contributed by atoms with E-state index in [9.17, 15) is 34.9 Å². The Morgan fingerprint density at radius 3 is 2.22 bits per heavy atom. The summed E-state index contributed by atoms with van der Waals surface area (Å²) in [4.78, 5) is 51.4. The van der Waals surface area contributed by atoms with E-state index >= 15 is 0 Å². The number of nitrogens with zero attached hydrogens (tertiary/aromatic N) is 4. The van der Waals surface area contributed by atoms with Gasteiger partial charge in [0.1, 0.15) is 11.1 Å². The number of aliphatic carboxylic acids is 1. The molecule has 36 heavy (non-hydrogen) atoms. The normalized spacial score (nSPS) is 21.3. The smallest absolute Gasteiger partial charge is 0.352 e. The lowest BCUT2D eigenvalue weighted by atomic mass is 9.97. The number of fused-ring (bicyclic) bond motifs is 1. The number of carbonyl (C=O) groups excluding carboxylic acids is 1. The third-order valence-electron chi connectivity index (χ3n) is 5.81. The Morgan fingerprint density at radius 1 is 1.11 bits per heavy atom. The van der Waals surface area contributed by atoms with Crippen molar-refractivity contribution in [1.82, 2.24) is 4.90 Å². The van der Waals surface area contributed by atoms with Gasteiger partial charge in [0.15, 0.2) is 6.04 Å². The summed E-state index contributed by atoms with van der Waals surface area (Å²) in [6, 6.07) is 10.8. The number of benzene rings is 2. The molecule has 1 saturated heterocycles. The van der Waals surface area contributed by atoms with E-state index in [4.69, 9.17) is 4.74 Å². The number of methoxy groups -OCH3 is 1. The largest absolute Gasteiger partial charge is 0.477 e. The van der Waals surface area contributed by atoms with E-state index in [0.717, 1.165) is 5.56 Å². The molecule has 0 spiro atoms. The van der Waals surface area contributed by atoms with Crippen molar-refractivity contribution in [2.24, 2.45) is 4.99 Å². The molecule has 1 fully saturated rings. The van der Waals surface area contributed by atoms with Crippen LogP contribution in [0.3, 0.4) is 0 Å². The molecule has 1 amide bonds. The van der Waals surface area contributed by atoms with Gasteiger partial charge in [-0.25, -0.2) is 4.79 Å². The van der Waals surface area contributed by atoms with Crippen molar-refractivity contribution in [1.29, 1.82) is 0 Å². The van der Waals surface area contributed by atoms with Crippen LogP contribution in [0.25, 0.3) is 0 Å². The third-order valence-corrected chi connectivity index (χ3v) is 7.34. The number of thioether (sulfide) groups is 1. The molecule has 2 aliphatic rings. The summed E-state index contributed by atoms with van der Waals surface area (Å²) in [5.41, 5.74) is 1.50. The van der Waals surface area contributed by atoms with E-state index in [1.807, 2.05) is 0 Å². The van der Waals surface area contributed by atoms with Gasteiger partial charge in [0.05, 0.1) is 16.5 Å². The Bertz CT molecular complexity index is 1280. The number of aliphatic imine (C=N–C) groups is 1. The molecule has 2 aromatic rings. The van der Waals surface area contributed by atoms with Gasteiger partial charge in [0.25, 0.3) is 17.3 Å². The number of nitro benzene ring substituents is 2. The van der Waals surface area contributed by atoms with Crippen molar-refractivity contribution in [3.63, 3.8) is 0 Å². The number of β-lactam (4-membered cyclic amide) rings is 1. The van der Waals surface area contributed by atoms with Gasteiger partial charge in [-0.2, -0.15) is 0 Å². The molecule has 13 heteroatoms. The molecule has 2 unspecified atom stereocenters. The number of hydrogen-bond acceptors (Lipinski definition) is 9. The van der Waals surface area contributed by atoms with Crippen molar-refractivity contribution >= 4 is 41.2 Å². The highest BCUT2D eigenvalue weighted by Crippen LogP contribution is 2.46. The zero-order chi connectivity index (χ0) is 26.0. The molecule has 0 bridgehead atoms. The summed E-state index contributed by atoms with van der Waals surface area (Å²) in [6.45, 7) is -0.000485. The van der Waals surface area contributed by atoms with Crippen LogP contribution in [0.2, 0.25) is 0 Å². The molecule has 12 nitrogen and oxygen atoms in total. The third kappa shape index (κ3) is 4.83. The summed E-state index contributed by atoms with van der Waals surface area (Å²) in [5.74, 6) is -1.72. The Morgan fingerprint density at radius 2 is 1.69 bits per heavy atom. The first-order valence-electron chi connectivity index (χ1n) is 10.7. The minimum atomic E-state index is -1.26. The number of nitro groups is 2. The molecule has 3 atom stereocenters. The number of carboxylic acid groups (broad SMARTS) is 1. The molecule has 4 rings (SSSR count). The van der Waals surface area contributed by atoms with Gasteiger partial charge in [-0.15, -0.1) is 11.8 Å². The number of non-ortho nitro benzene ring substituents is 2. The van der Waals surface area contributed by atoms with Crippen molar-refractivity contribution in [2.45, 2.75) is 23.1 Å². The molecular formula is C23H20N4O8S. The van der Waals surface area contributed by atoms with Gasteiger partial charge in [-0.1, -0.05) is 12.1 Å². The molecular weight excluding hydrogens is 492 g/mol. The second kappa shape index (κ2) is 10.3. The predicted molar refractivity (Wildman–Crippen MR) is 130 cm³/mol. The molecule has 2 aromatic carbocycles. The number of ether oxygens (including phenoxy) is 1. The van der Waals surface area contributed by atoms with E-state index in [-0.39, 0.29) is 28.9 Å². The predicted octanol–water partition coefficient (Wildman–Crippen LogP) is 2.80. The van der Waals surface area contributed by atoms with Crippen LogP contribution in [0.1, 0.15) is 11.1 Å². The average molecular weight is 513 g/mol. The van der Waals surface area contributed by atoms with E-state index in [1.54, 1.807) is 12.1 Å². The van der Waals surface area contributed by atoms with Crippen molar-refractivity contribution in [3.8, 4) is 0 Å². The van der Waals surface area contributed by atoms with E-state index in [0.29, 0.717) is 17.6 Å². The van der Waals surface area contributed by atoms with Crippen molar-refractivity contribution in [2.75, 3.05) is 13.7 Å². The Balaban J connectivity index is 1.61. The Labute approximate surface area is 208 Å². The summed E-state index contributed by atoms with van der Waals surface area (Å²) in [7, 11) is 1.43. The SMILES string of the molecule is COCC1=C(C(=O)O)N2C(=O)C(N=Cc3ccc([N+](=O)[O-])cc3)[C@H]2SC1Cc1ccc([N+](=O)[O-])cc1. The van der Waals surface area contributed by atoms with Gasteiger partial charge >= 0.3 is 5.97 Å². The summed E-state index contributed by atoms with van der Waals surface area (Å²) in [5, 5.41) is 30.8. The van der Waals surface area contributed by atoms with Crippen LogP contribution in [0.5, 0.6) is 0 Å². The van der Waals surface area contributed by atoms with Crippen molar-refractivity contribution in [3.05, 3.63) is 91.2 Å². The zero-order valence-corrected chi connectivity index (χ0v) is 19.7. The van der Waals surface area contributed by atoms with Crippen LogP contribution in [0, 0.1) is 20.2 Å². The first kappa shape index (κ1) is 25.0. The van der Waals surface area contributed by atoms with Crippen LogP contribution in [-0.4, -0.2) is 68.3 Å². The van der Waals surface area contributed by atoms with Gasteiger partial charge < -0.3 is 9.84 Å². The molecule has 186 valence electrons. The number of rotatable bonds is 9. The molecule has 2 aliphatic heterocycles. The maximum Gasteiger partial charge on any atom is 0.352 e. The van der Waals surface area contributed by atoms with Gasteiger partial charge in [0, 0.05) is 48.4 Å². The summed E-state index contributed by atoms with van der Waals surface area (Å²) < 4.78 is 5.24. The van der Waals surface area contributed by atoms with Crippen molar-refractivity contribution < 1.29 is 29.3 Å². The lowest BCUT2D eigenvalue weighted by Crippen LogP contribution is -2.65. The highest BCUT2D eigenvalue weighted by atomic mass is 32.2. The molecule has 0 radical (unpaired) electrons. The lowest BCUT2D eigenvalue weighted by molar-refractivity contribution is -0.385. The lowest BCUT2D eigenvalue weighted by Gasteiger charge is -2.50. The molecule has 0 aromatic heterocycles. The maximum absolute atomic E-state index is 12.9. The van der Waals surface area contributed by atoms with Crippen LogP contribution < -0.4 is 0 Å². The zero-order valence-electron chi connectivity index (χ0n) is 18.8. The van der Waals surface area contributed by atoms with Crippen LogP contribution >= 0.6 is 11.8 Å². The van der Waals surface area contributed by atoms with E-state index in [2.05, 4.69) is 4.99 Å². The first-order valence-corrected chi connectivity index (χ1v) is 11.6. The monoisotopic (exact) mass is 512 g/mol. The fourth-order valence-corrected chi connectivity index (χ4v) is 5.70. The van der Waals surface area contributed by atoms with E-state index < -0.39 is 33.1 Å². The molecule has 0 saturated carbocycles. The second-order valence-corrected chi connectivity index (χ2v) is 9.36. The Hall–Kier alpha value is -4.10. The van der Waals surface area contributed by atoms with Gasteiger partial charge in [-0.05, 0) is 29.7 Å².